The number of aryl methyl sites for hydroxylation is 2. The van der Waals surface area contributed by atoms with E-state index in [1.54, 1.807) is 6.33 Å². The summed E-state index contributed by atoms with van der Waals surface area (Å²) in [6.07, 6.45) is 5.19. The Morgan fingerprint density at radius 1 is 1.42 bits per heavy atom. The van der Waals surface area contributed by atoms with Crippen LogP contribution in [0.4, 0.5) is 5.69 Å². The SMILES string of the molecule is CCCCCn1cnnc1S[C@H](C)C(=O)Nc1ccc(C)cc1Br. The first kappa shape index (κ1) is 19.0. The largest absolute Gasteiger partial charge is 0.324 e. The summed E-state index contributed by atoms with van der Waals surface area (Å²) in [6.45, 7) is 6.96. The molecule has 0 aliphatic heterocycles. The van der Waals surface area contributed by atoms with Gasteiger partial charge < -0.3 is 9.88 Å². The van der Waals surface area contributed by atoms with Crippen LogP contribution in [0.3, 0.4) is 0 Å². The molecule has 1 amide bonds. The number of halogens is 1. The second kappa shape index (κ2) is 9.22. The van der Waals surface area contributed by atoms with E-state index >= 15 is 0 Å². The van der Waals surface area contributed by atoms with E-state index in [0.717, 1.165) is 33.8 Å². The summed E-state index contributed by atoms with van der Waals surface area (Å²) < 4.78 is 2.90. The van der Waals surface area contributed by atoms with Gasteiger partial charge in [0.2, 0.25) is 5.91 Å². The van der Waals surface area contributed by atoms with E-state index in [-0.39, 0.29) is 11.2 Å². The number of thioether (sulfide) groups is 1. The minimum Gasteiger partial charge on any atom is -0.324 e. The third kappa shape index (κ3) is 5.34. The molecule has 1 aromatic heterocycles. The van der Waals surface area contributed by atoms with Crippen molar-refractivity contribution in [2.24, 2.45) is 0 Å². The molecule has 0 aliphatic rings. The number of carbonyl (C=O) groups excluding carboxylic acids is 1. The van der Waals surface area contributed by atoms with Crippen LogP contribution in [-0.4, -0.2) is 25.9 Å². The molecular formula is C17H23BrN4OS. The number of nitrogens with zero attached hydrogens (tertiary/aromatic N) is 3. The quantitative estimate of drug-likeness (QED) is 0.507. The van der Waals surface area contributed by atoms with Crippen LogP contribution in [0.2, 0.25) is 0 Å². The Morgan fingerprint density at radius 3 is 2.92 bits per heavy atom. The van der Waals surface area contributed by atoms with Gasteiger partial charge in [-0.2, -0.15) is 0 Å². The van der Waals surface area contributed by atoms with Crippen molar-refractivity contribution in [2.75, 3.05) is 5.32 Å². The molecule has 1 atom stereocenters. The van der Waals surface area contributed by atoms with Gasteiger partial charge in [0.05, 0.1) is 10.9 Å². The number of hydrogen-bond donors (Lipinski definition) is 1. The van der Waals surface area contributed by atoms with E-state index in [4.69, 9.17) is 0 Å². The van der Waals surface area contributed by atoms with Gasteiger partial charge in [-0.25, -0.2) is 0 Å². The second-order valence-corrected chi connectivity index (χ2v) is 7.91. The molecule has 0 unspecified atom stereocenters. The third-order valence-electron chi connectivity index (χ3n) is 3.62. The maximum atomic E-state index is 12.4. The summed E-state index contributed by atoms with van der Waals surface area (Å²) >= 11 is 4.92. The number of unbranched alkanes of at least 4 members (excludes halogenated alkanes) is 2. The minimum atomic E-state index is -0.257. The van der Waals surface area contributed by atoms with Crippen LogP contribution in [0.15, 0.2) is 34.2 Å². The minimum absolute atomic E-state index is 0.0485. The Kier molecular flexibility index (Phi) is 7.30. The van der Waals surface area contributed by atoms with Crippen LogP contribution >= 0.6 is 27.7 Å². The van der Waals surface area contributed by atoms with Gasteiger partial charge >= 0.3 is 0 Å². The molecule has 2 rings (SSSR count). The highest BCUT2D eigenvalue weighted by Gasteiger charge is 2.18. The average Bonchev–Trinajstić information content (AvgIpc) is 2.97. The third-order valence-corrected chi connectivity index (χ3v) is 5.37. The van der Waals surface area contributed by atoms with E-state index in [0.29, 0.717) is 0 Å². The predicted octanol–water partition coefficient (Wildman–Crippen LogP) is 4.66. The summed E-state index contributed by atoms with van der Waals surface area (Å²) in [6, 6.07) is 5.86. The highest BCUT2D eigenvalue weighted by molar-refractivity contribution is 9.10. The molecule has 5 nitrogen and oxygen atoms in total. The number of benzene rings is 1. The zero-order chi connectivity index (χ0) is 17.5. The molecule has 0 saturated heterocycles. The van der Waals surface area contributed by atoms with Crippen LogP contribution in [0.5, 0.6) is 0 Å². The van der Waals surface area contributed by atoms with Crippen molar-refractivity contribution in [3.8, 4) is 0 Å². The Morgan fingerprint density at radius 2 is 2.21 bits per heavy atom. The molecule has 2 aromatic rings. The molecule has 1 N–H and O–H groups in total. The van der Waals surface area contributed by atoms with Crippen molar-refractivity contribution in [3.63, 3.8) is 0 Å². The Bertz CT molecular complexity index is 689. The Labute approximate surface area is 155 Å². The number of carbonyl (C=O) groups is 1. The number of amides is 1. The molecule has 0 aliphatic carbocycles. The van der Waals surface area contributed by atoms with Gasteiger partial charge in [0, 0.05) is 11.0 Å². The Balaban J connectivity index is 1.95. The number of nitrogens with one attached hydrogen (secondary N) is 1. The van der Waals surface area contributed by atoms with E-state index in [1.807, 2.05) is 36.6 Å². The monoisotopic (exact) mass is 410 g/mol. The van der Waals surface area contributed by atoms with Crippen LogP contribution in [0.1, 0.15) is 38.7 Å². The van der Waals surface area contributed by atoms with E-state index in [9.17, 15) is 4.79 Å². The fourth-order valence-electron chi connectivity index (χ4n) is 2.19. The lowest BCUT2D eigenvalue weighted by Crippen LogP contribution is -2.23. The van der Waals surface area contributed by atoms with Gasteiger partial charge in [-0.1, -0.05) is 37.6 Å². The maximum absolute atomic E-state index is 12.4. The summed E-state index contributed by atoms with van der Waals surface area (Å²) in [4.78, 5) is 12.4. The summed E-state index contributed by atoms with van der Waals surface area (Å²) in [5.41, 5.74) is 1.92. The topological polar surface area (TPSA) is 59.8 Å². The van der Waals surface area contributed by atoms with Crippen molar-refractivity contribution in [3.05, 3.63) is 34.6 Å². The summed E-state index contributed by atoms with van der Waals surface area (Å²) in [5.74, 6) is -0.0485. The summed E-state index contributed by atoms with van der Waals surface area (Å²) in [7, 11) is 0. The van der Waals surface area contributed by atoms with Crippen LogP contribution in [-0.2, 0) is 11.3 Å². The standard InChI is InChI=1S/C17H23BrN4OS/c1-4-5-6-9-22-11-19-21-17(22)24-13(3)16(23)20-15-8-7-12(2)10-14(15)18/h7-8,10-11,13H,4-6,9H2,1-3H3,(H,20,23)/t13-/m1/s1. The Hall–Kier alpha value is -1.34. The molecule has 24 heavy (non-hydrogen) atoms. The molecule has 0 spiro atoms. The molecular weight excluding hydrogens is 388 g/mol. The van der Waals surface area contributed by atoms with E-state index < -0.39 is 0 Å². The van der Waals surface area contributed by atoms with Gasteiger partial charge in [-0.3, -0.25) is 4.79 Å². The molecule has 0 saturated carbocycles. The predicted molar refractivity (Wildman–Crippen MR) is 102 cm³/mol. The maximum Gasteiger partial charge on any atom is 0.237 e. The molecule has 1 aromatic carbocycles. The lowest BCUT2D eigenvalue weighted by atomic mass is 10.2. The summed E-state index contributed by atoms with van der Waals surface area (Å²) in [5, 5.41) is 11.6. The second-order valence-electron chi connectivity index (χ2n) is 5.75. The normalized spacial score (nSPS) is 12.2. The first-order valence-corrected chi connectivity index (χ1v) is 9.80. The van der Waals surface area contributed by atoms with Crippen molar-refractivity contribution in [2.45, 2.75) is 57.0 Å². The van der Waals surface area contributed by atoms with Crippen LogP contribution < -0.4 is 5.32 Å². The lowest BCUT2D eigenvalue weighted by molar-refractivity contribution is -0.115. The van der Waals surface area contributed by atoms with Gasteiger partial charge in [0.15, 0.2) is 5.16 Å². The molecule has 0 fully saturated rings. The highest BCUT2D eigenvalue weighted by Crippen LogP contribution is 2.26. The van der Waals surface area contributed by atoms with Gasteiger partial charge in [0.1, 0.15) is 6.33 Å². The smallest absolute Gasteiger partial charge is 0.237 e. The molecule has 0 bridgehead atoms. The molecule has 1 heterocycles. The van der Waals surface area contributed by atoms with Crippen molar-refractivity contribution < 1.29 is 4.79 Å². The van der Waals surface area contributed by atoms with E-state index in [1.165, 1.54) is 24.6 Å². The zero-order valence-electron chi connectivity index (χ0n) is 14.3. The van der Waals surface area contributed by atoms with Crippen molar-refractivity contribution >= 4 is 39.3 Å². The number of aromatic nitrogens is 3. The van der Waals surface area contributed by atoms with Gasteiger partial charge in [-0.15, -0.1) is 10.2 Å². The number of anilines is 1. The van der Waals surface area contributed by atoms with Crippen LogP contribution in [0, 0.1) is 6.92 Å². The fourth-order valence-corrected chi connectivity index (χ4v) is 3.63. The number of hydrogen-bond acceptors (Lipinski definition) is 4. The number of rotatable bonds is 8. The zero-order valence-corrected chi connectivity index (χ0v) is 16.7. The fraction of sp³-hybridized carbons (Fsp3) is 0.471. The van der Waals surface area contributed by atoms with E-state index in [2.05, 4.69) is 38.4 Å². The van der Waals surface area contributed by atoms with Gasteiger partial charge in [0.25, 0.3) is 0 Å². The molecule has 0 radical (unpaired) electrons. The molecule has 7 heteroatoms. The van der Waals surface area contributed by atoms with Crippen LogP contribution in [0.25, 0.3) is 0 Å². The lowest BCUT2D eigenvalue weighted by Gasteiger charge is -2.13. The average molecular weight is 411 g/mol. The van der Waals surface area contributed by atoms with Crippen molar-refractivity contribution in [1.82, 2.24) is 14.8 Å². The highest BCUT2D eigenvalue weighted by atomic mass is 79.9. The van der Waals surface area contributed by atoms with Crippen molar-refractivity contribution in [1.29, 1.82) is 0 Å². The first-order valence-electron chi connectivity index (χ1n) is 8.12. The van der Waals surface area contributed by atoms with Gasteiger partial charge in [-0.05, 0) is 53.9 Å². The first-order chi connectivity index (χ1) is 11.5. The molecule has 130 valence electrons.